The molecule has 0 N–H and O–H groups in total. The van der Waals surface area contributed by atoms with Crippen LogP contribution in [0.15, 0.2) is 24.3 Å². The van der Waals surface area contributed by atoms with Gasteiger partial charge in [0.15, 0.2) is 0 Å². The van der Waals surface area contributed by atoms with E-state index in [1.807, 2.05) is 17.0 Å². The molecule has 1 aromatic carbocycles. The monoisotopic (exact) mass is 257 g/mol. The number of benzene rings is 1. The molecule has 1 saturated carbocycles. The van der Waals surface area contributed by atoms with Gasteiger partial charge in [-0.05, 0) is 47.8 Å². The molecule has 1 amide bonds. The van der Waals surface area contributed by atoms with Crippen molar-refractivity contribution >= 4 is 5.91 Å². The minimum absolute atomic E-state index is 0.213. The van der Waals surface area contributed by atoms with Gasteiger partial charge in [0.25, 0.3) is 5.91 Å². The number of piperidine rings is 1. The molecule has 1 aliphatic carbocycles. The quantitative estimate of drug-likeness (QED) is 0.813. The first-order valence-corrected chi connectivity index (χ1v) is 7.36. The van der Waals surface area contributed by atoms with Crippen LogP contribution < -0.4 is 0 Å². The maximum Gasteiger partial charge on any atom is 0.253 e. The molecule has 102 valence electrons. The molecule has 0 aromatic heterocycles. The van der Waals surface area contributed by atoms with Gasteiger partial charge in [-0.15, -0.1) is 0 Å². The number of hydrogen-bond donors (Lipinski definition) is 0. The van der Waals surface area contributed by atoms with E-state index in [9.17, 15) is 4.79 Å². The van der Waals surface area contributed by atoms with Crippen LogP contribution in [0, 0.1) is 17.3 Å². The van der Waals surface area contributed by atoms with Gasteiger partial charge < -0.3 is 4.90 Å². The van der Waals surface area contributed by atoms with Crippen molar-refractivity contribution in [1.82, 2.24) is 4.90 Å². The molecule has 2 unspecified atom stereocenters. The zero-order valence-electron chi connectivity index (χ0n) is 12.1. The summed E-state index contributed by atoms with van der Waals surface area (Å²) in [6.07, 6.45) is 2.39. The molecule has 0 radical (unpaired) electrons. The van der Waals surface area contributed by atoms with Gasteiger partial charge in [-0.25, -0.2) is 0 Å². The second-order valence-corrected chi connectivity index (χ2v) is 7.04. The molecule has 19 heavy (non-hydrogen) atoms. The molecule has 1 aromatic rings. The lowest BCUT2D eigenvalue weighted by Crippen LogP contribution is -2.31. The number of fused-ring (bicyclic) bond motifs is 1. The molecule has 0 bridgehead atoms. The normalized spacial score (nSPS) is 28.6. The van der Waals surface area contributed by atoms with E-state index in [4.69, 9.17) is 0 Å². The maximum absolute atomic E-state index is 12.4. The summed E-state index contributed by atoms with van der Waals surface area (Å²) in [6, 6.07) is 8.19. The van der Waals surface area contributed by atoms with Crippen LogP contribution in [0.25, 0.3) is 0 Å². The summed E-state index contributed by atoms with van der Waals surface area (Å²) in [5, 5.41) is 0. The SMILES string of the molecule is CC(C)Cc1ccc(C(=O)N2CC3CC3(C)C2)cc1. The van der Waals surface area contributed by atoms with Crippen molar-refractivity contribution in [3.05, 3.63) is 35.4 Å². The molecule has 2 nitrogen and oxygen atoms in total. The van der Waals surface area contributed by atoms with Gasteiger partial charge in [0.1, 0.15) is 0 Å². The summed E-state index contributed by atoms with van der Waals surface area (Å²) < 4.78 is 0. The number of amides is 1. The lowest BCUT2D eigenvalue weighted by atomic mass is 10.0. The highest BCUT2D eigenvalue weighted by Crippen LogP contribution is 2.57. The number of carbonyl (C=O) groups is 1. The molecule has 2 fully saturated rings. The predicted octanol–water partition coefficient (Wildman–Crippen LogP) is 3.37. The van der Waals surface area contributed by atoms with Gasteiger partial charge in [-0.2, -0.15) is 0 Å². The maximum atomic E-state index is 12.4. The van der Waals surface area contributed by atoms with Crippen molar-refractivity contribution in [2.75, 3.05) is 13.1 Å². The lowest BCUT2D eigenvalue weighted by molar-refractivity contribution is 0.0766. The fourth-order valence-electron chi connectivity index (χ4n) is 3.34. The third-order valence-corrected chi connectivity index (χ3v) is 4.66. The highest BCUT2D eigenvalue weighted by Gasteiger charge is 2.57. The van der Waals surface area contributed by atoms with E-state index < -0.39 is 0 Å². The number of rotatable bonds is 3. The van der Waals surface area contributed by atoms with Crippen LogP contribution in [0.5, 0.6) is 0 Å². The van der Waals surface area contributed by atoms with E-state index in [0.29, 0.717) is 11.3 Å². The molecule has 1 heterocycles. The van der Waals surface area contributed by atoms with Gasteiger partial charge in [-0.1, -0.05) is 32.9 Å². The highest BCUT2D eigenvalue weighted by molar-refractivity contribution is 5.94. The van der Waals surface area contributed by atoms with Crippen LogP contribution in [-0.4, -0.2) is 23.9 Å². The number of hydrogen-bond acceptors (Lipinski definition) is 1. The average molecular weight is 257 g/mol. The third kappa shape index (κ3) is 2.41. The Morgan fingerprint density at radius 2 is 2.05 bits per heavy atom. The van der Waals surface area contributed by atoms with Gasteiger partial charge >= 0.3 is 0 Å². The van der Waals surface area contributed by atoms with Crippen LogP contribution in [0.1, 0.15) is 43.1 Å². The number of likely N-dealkylation sites (tertiary alicyclic amines) is 1. The minimum Gasteiger partial charge on any atom is -0.338 e. The summed E-state index contributed by atoms with van der Waals surface area (Å²) in [5.41, 5.74) is 2.60. The molecule has 0 spiro atoms. The molecular weight excluding hydrogens is 234 g/mol. The zero-order valence-corrected chi connectivity index (χ0v) is 12.1. The average Bonchev–Trinajstić information content (AvgIpc) is 2.87. The van der Waals surface area contributed by atoms with Crippen molar-refractivity contribution < 1.29 is 4.79 Å². The van der Waals surface area contributed by atoms with Crippen LogP contribution in [0.2, 0.25) is 0 Å². The smallest absolute Gasteiger partial charge is 0.253 e. The van der Waals surface area contributed by atoms with Gasteiger partial charge in [-0.3, -0.25) is 4.79 Å². The van der Waals surface area contributed by atoms with Gasteiger partial charge in [0.05, 0.1) is 0 Å². The highest BCUT2D eigenvalue weighted by atomic mass is 16.2. The fraction of sp³-hybridized carbons (Fsp3) is 0.588. The van der Waals surface area contributed by atoms with E-state index in [1.165, 1.54) is 12.0 Å². The Bertz CT molecular complexity index is 490. The molecule has 2 atom stereocenters. The minimum atomic E-state index is 0.213. The number of carbonyl (C=O) groups excluding carboxylic acids is 1. The van der Waals surface area contributed by atoms with Gasteiger partial charge in [0, 0.05) is 18.7 Å². The lowest BCUT2D eigenvalue weighted by Gasteiger charge is -2.19. The first kappa shape index (κ1) is 12.7. The summed E-state index contributed by atoms with van der Waals surface area (Å²) in [7, 11) is 0. The fourth-order valence-corrected chi connectivity index (χ4v) is 3.34. The van der Waals surface area contributed by atoms with Crippen molar-refractivity contribution in [2.24, 2.45) is 17.3 Å². The third-order valence-electron chi connectivity index (χ3n) is 4.66. The first-order valence-electron chi connectivity index (χ1n) is 7.36. The van der Waals surface area contributed by atoms with Crippen molar-refractivity contribution in [2.45, 2.75) is 33.6 Å². The van der Waals surface area contributed by atoms with Crippen molar-refractivity contribution in [3.8, 4) is 0 Å². The Morgan fingerprint density at radius 3 is 2.58 bits per heavy atom. The molecule has 2 aliphatic rings. The van der Waals surface area contributed by atoms with Crippen molar-refractivity contribution in [3.63, 3.8) is 0 Å². The Balaban J connectivity index is 1.67. The molecule has 2 heteroatoms. The van der Waals surface area contributed by atoms with E-state index >= 15 is 0 Å². The van der Waals surface area contributed by atoms with Crippen LogP contribution in [-0.2, 0) is 6.42 Å². The summed E-state index contributed by atoms with van der Waals surface area (Å²) in [4.78, 5) is 14.4. The van der Waals surface area contributed by atoms with E-state index in [1.54, 1.807) is 0 Å². The van der Waals surface area contributed by atoms with Crippen LogP contribution in [0.3, 0.4) is 0 Å². The Hall–Kier alpha value is -1.31. The topological polar surface area (TPSA) is 20.3 Å². The van der Waals surface area contributed by atoms with E-state index in [2.05, 4.69) is 32.9 Å². The van der Waals surface area contributed by atoms with E-state index in [0.717, 1.165) is 31.0 Å². The van der Waals surface area contributed by atoms with Gasteiger partial charge in [0.2, 0.25) is 0 Å². The molecule has 3 rings (SSSR count). The Labute approximate surface area is 115 Å². The molecule has 1 saturated heterocycles. The number of nitrogens with zero attached hydrogens (tertiary/aromatic N) is 1. The first-order chi connectivity index (χ1) is 8.98. The molecular formula is C17H23NO. The van der Waals surface area contributed by atoms with Crippen LogP contribution in [0.4, 0.5) is 0 Å². The Kier molecular flexibility index (Phi) is 2.92. The zero-order chi connectivity index (χ0) is 13.6. The summed E-state index contributed by atoms with van der Waals surface area (Å²) in [6.45, 7) is 8.65. The molecule has 1 aliphatic heterocycles. The van der Waals surface area contributed by atoms with Crippen molar-refractivity contribution in [1.29, 1.82) is 0 Å². The standard InChI is InChI=1S/C17H23NO/c1-12(2)8-13-4-6-14(7-5-13)16(19)18-10-15-9-17(15,3)11-18/h4-7,12,15H,8-11H2,1-3H3. The predicted molar refractivity (Wildman–Crippen MR) is 77.1 cm³/mol. The summed E-state index contributed by atoms with van der Waals surface area (Å²) in [5.74, 6) is 1.63. The van der Waals surface area contributed by atoms with Crippen LogP contribution >= 0.6 is 0 Å². The Morgan fingerprint density at radius 1 is 1.37 bits per heavy atom. The largest absolute Gasteiger partial charge is 0.338 e. The van der Waals surface area contributed by atoms with E-state index in [-0.39, 0.29) is 5.91 Å². The summed E-state index contributed by atoms with van der Waals surface area (Å²) >= 11 is 0. The second kappa shape index (κ2) is 4.36. The second-order valence-electron chi connectivity index (χ2n) is 7.04.